The molecule has 0 saturated carbocycles. The molecule has 2 aromatic carbocycles. The SMILES string of the molecule is CC(C)N(C(=O)C=Cc1ccc(OC(=O)c2ccc(NC(=N)N)cc2)cc1)C(C)C. The Bertz CT molecular complexity index is 908. The van der Waals surface area contributed by atoms with Gasteiger partial charge in [-0.25, -0.2) is 4.79 Å². The predicted molar refractivity (Wildman–Crippen MR) is 120 cm³/mol. The third kappa shape index (κ3) is 6.48. The summed E-state index contributed by atoms with van der Waals surface area (Å²) in [5, 5.41) is 9.84. The number of anilines is 1. The van der Waals surface area contributed by atoms with E-state index < -0.39 is 5.97 Å². The molecule has 0 aliphatic rings. The lowest BCUT2D eigenvalue weighted by Gasteiger charge is -2.29. The number of ether oxygens (including phenoxy) is 1. The zero-order valence-corrected chi connectivity index (χ0v) is 17.7. The minimum absolute atomic E-state index is 0.0433. The van der Waals surface area contributed by atoms with Gasteiger partial charge in [0, 0.05) is 23.8 Å². The molecule has 0 bridgehead atoms. The van der Waals surface area contributed by atoms with Crippen LogP contribution in [0.4, 0.5) is 5.69 Å². The molecule has 0 atom stereocenters. The van der Waals surface area contributed by atoms with E-state index in [0.29, 0.717) is 17.0 Å². The van der Waals surface area contributed by atoms with E-state index >= 15 is 0 Å². The number of hydrogen-bond donors (Lipinski definition) is 3. The van der Waals surface area contributed by atoms with Crippen LogP contribution < -0.4 is 15.8 Å². The van der Waals surface area contributed by atoms with E-state index in [2.05, 4.69) is 5.32 Å². The van der Waals surface area contributed by atoms with E-state index in [-0.39, 0.29) is 24.0 Å². The van der Waals surface area contributed by atoms with Crippen LogP contribution in [-0.4, -0.2) is 34.8 Å². The van der Waals surface area contributed by atoms with Crippen LogP contribution in [0.3, 0.4) is 0 Å². The number of esters is 1. The van der Waals surface area contributed by atoms with Crippen molar-refractivity contribution in [1.29, 1.82) is 5.41 Å². The first-order valence-electron chi connectivity index (χ1n) is 9.71. The molecule has 0 fully saturated rings. The van der Waals surface area contributed by atoms with Gasteiger partial charge in [-0.15, -0.1) is 0 Å². The molecular weight excluding hydrogens is 380 g/mol. The van der Waals surface area contributed by atoms with Gasteiger partial charge in [0.1, 0.15) is 5.75 Å². The van der Waals surface area contributed by atoms with Crippen LogP contribution in [0.15, 0.2) is 54.6 Å². The third-order valence-corrected chi connectivity index (χ3v) is 4.28. The lowest BCUT2D eigenvalue weighted by molar-refractivity contribution is -0.129. The van der Waals surface area contributed by atoms with Crippen molar-refractivity contribution in [2.24, 2.45) is 5.73 Å². The number of carbonyl (C=O) groups excluding carboxylic acids is 2. The molecule has 2 rings (SSSR count). The number of hydrogen-bond acceptors (Lipinski definition) is 4. The Balaban J connectivity index is 1.99. The van der Waals surface area contributed by atoms with Gasteiger partial charge in [-0.3, -0.25) is 10.2 Å². The Morgan fingerprint density at radius 2 is 1.57 bits per heavy atom. The summed E-state index contributed by atoms with van der Waals surface area (Å²) in [6, 6.07) is 13.6. The van der Waals surface area contributed by atoms with E-state index in [1.807, 2.05) is 32.6 Å². The molecule has 0 radical (unpaired) electrons. The number of amides is 1. The first-order chi connectivity index (χ1) is 14.2. The fourth-order valence-corrected chi connectivity index (χ4v) is 3.02. The van der Waals surface area contributed by atoms with Crippen molar-refractivity contribution in [3.8, 4) is 5.75 Å². The van der Waals surface area contributed by atoms with Crippen LogP contribution >= 0.6 is 0 Å². The summed E-state index contributed by atoms with van der Waals surface area (Å²) in [5.74, 6) is -0.312. The number of carbonyl (C=O) groups is 2. The summed E-state index contributed by atoms with van der Waals surface area (Å²) < 4.78 is 5.38. The first kappa shape index (κ1) is 22.7. The zero-order chi connectivity index (χ0) is 22.3. The normalized spacial score (nSPS) is 11.0. The fourth-order valence-electron chi connectivity index (χ4n) is 3.02. The summed E-state index contributed by atoms with van der Waals surface area (Å²) in [4.78, 5) is 26.5. The number of benzene rings is 2. The van der Waals surface area contributed by atoms with Crippen LogP contribution in [-0.2, 0) is 4.79 Å². The summed E-state index contributed by atoms with van der Waals surface area (Å²) in [7, 11) is 0. The van der Waals surface area contributed by atoms with Crippen molar-refractivity contribution in [1.82, 2.24) is 4.90 Å². The molecule has 0 aromatic heterocycles. The number of nitrogens with two attached hydrogens (primary N) is 1. The molecule has 2 aromatic rings. The van der Waals surface area contributed by atoms with Gasteiger partial charge >= 0.3 is 5.97 Å². The lowest BCUT2D eigenvalue weighted by atomic mass is 10.1. The standard InChI is InChI=1S/C23H28N4O3/c1-15(2)27(16(3)4)21(28)14-7-17-5-12-20(13-6-17)30-22(29)18-8-10-19(11-9-18)26-23(24)25/h5-16H,1-4H3,(H4,24,25,26). The molecular formula is C23H28N4O3. The molecule has 0 heterocycles. The van der Waals surface area contributed by atoms with Crippen molar-refractivity contribution in [2.45, 2.75) is 39.8 Å². The molecule has 1 amide bonds. The Kier molecular flexibility index (Phi) is 7.75. The van der Waals surface area contributed by atoms with Gasteiger partial charge in [0.05, 0.1) is 5.56 Å². The molecule has 158 valence electrons. The number of rotatable bonds is 7. The quantitative estimate of drug-likeness (QED) is 0.212. The van der Waals surface area contributed by atoms with Crippen molar-refractivity contribution in [2.75, 3.05) is 5.32 Å². The highest BCUT2D eigenvalue weighted by molar-refractivity contribution is 5.94. The molecule has 0 aliphatic heterocycles. The molecule has 4 N–H and O–H groups in total. The maximum Gasteiger partial charge on any atom is 0.343 e. The fraction of sp³-hybridized carbons (Fsp3) is 0.261. The number of guanidine groups is 1. The second-order valence-electron chi connectivity index (χ2n) is 7.34. The molecule has 0 spiro atoms. The summed E-state index contributed by atoms with van der Waals surface area (Å²) in [6.07, 6.45) is 3.30. The van der Waals surface area contributed by atoms with Gasteiger partial charge in [-0.2, -0.15) is 0 Å². The molecule has 30 heavy (non-hydrogen) atoms. The second kappa shape index (κ2) is 10.2. The molecule has 0 saturated heterocycles. The van der Waals surface area contributed by atoms with Crippen molar-refractivity contribution in [3.05, 3.63) is 65.7 Å². The topological polar surface area (TPSA) is 109 Å². The minimum Gasteiger partial charge on any atom is -0.423 e. The predicted octanol–water partition coefficient (Wildman–Crippen LogP) is 3.87. The Hall–Kier alpha value is -3.61. The number of nitrogens with one attached hydrogen (secondary N) is 2. The monoisotopic (exact) mass is 408 g/mol. The van der Waals surface area contributed by atoms with Crippen LogP contribution in [0.25, 0.3) is 6.08 Å². The van der Waals surface area contributed by atoms with Gasteiger partial charge in [-0.05, 0) is 75.7 Å². The van der Waals surface area contributed by atoms with E-state index in [1.165, 1.54) is 0 Å². The highest BCUT2D eigenvalue weighted by Gasteiger charge is 2.17. The van der Waals surface area contributed by atoms with Crippen LogP contribution in [0.1, 0.15) is 43.6 Å². The first-order valence-corrected chi connectivity index (χ1v) is 9.71. The van der Waals surface area contributed by atoms with E-state index in [1.54, 1.807) is 60.7 Å². The van der Waals surface area contributed by atoms with Gasteiger partial charge in [0.15, 0.2) is 5.96 Å². The minimum atomic E-state index is -0.493. The molecule has 0 unspecified atom stereocenters. The van der Waals surface area contributed by atoms with Gasteiger partial charge in [-0.1, -0.05) is 12.1 Å². The van der Waals surface area contributed by atoms with Crippen molar-refractivity contribution >= 4 is 29.6 Å². The van der Waals surface area contributed by atoms with E-state index in [4.69, 9.17) is 15.9 Å². The molecule has 0 aliphatic carbocycles. The maximum atomic E-state index is 12.4. The van der Waals surface area contributed by atoms with Gasteiger partial charge in [0.2, 0.25) is 5.91 Å². The zero-order valence-electron chi connectivity index (χ0n) is 17.7. The Labute approximate surface area is 177 Å². The molecule has 7 heteroatoms. The van der Waals surface area contributed by atoms with Crippen LogP contribution in [0.2, 0.25) is 0 Å². The second-order valence-corrected chi connectivity index (χ2v) is 7.34. The average Bonchev–Trinajstić information content (AvgIpc) is 2.67. The van der Waals surface area contributed by atoms with E-state index in [0.717, 1.165) is 5.56 Å². The maximum absolute atomic E-state index is 12.4. The number of nitrogens with zero attached hydrogens (tertiary/aromatic N) is 1. The third-order valence-electron chi connectivity index (χ3n) is 4.28. The summed E-state index contributed by atoms with van der Waals surface area (Å²) in [6.45, 7) is 7.95. The smallest absolute Gasteiger partial charge is 0.343 e. The van der Waals surface area contributed by atoms with Crippen LogP contribution in [0.5, 0.6) is 5.75 Å². The highest BCUT2D eigenvalue weighted by Crippen LogP contribution is 2.17. The van der Waals surface area contributed by atoms with Gasteiger partial charge in [0.25, 0.3) is 0 Å². The van der Waals surface area contributed by atoms with Crippen LogP contribution in [0, 0.1) is 5.41 Å². The Morgan fingerprint density at radius 1 is 1.00 bits per heavy atom. The lowest BCUT2D eigenvalue weighted by Crippen LogP contribution is -2.41. The summed E-state index contributed by atoms with van der Waals surface area (Å²) >= 11 is 0. The van der Waals surface area contributed by atoms with Crippen molar-refractivity contribution < 1.29 is 14.3 Å². The largest absolute Gasteiger partial charge is 0.423 e. The Morgan fingerprint density at radius 3 is 2.07 bits per heavy atom. The molecule has 7 nitrogen and oxygen atoms in total. The highest BCUT2D eigenvalue weighted by atomic mass is 16.5. The summed E-state index contributed by atoms with van der Waals surface area (Å²) in [5.41, 5.74) is 7.08. The van der Waals surface area contributed by atoms with Gasteiger partial charge < -0.3 is 20.7 Å². The van der Waals surface area contributed by atoms with Crippen molar-refractivity contribution in [3.63, 3.8) is 0 Å². The average molecular weight is 409 g/mol. The van der Waals surface area contributed by atoms with E-state index in [9.17, 15) is 9.59 Å².